The zero-order chi connectivity index (χ0) is 11.0. The normalized spacial score (nSPS) is 14.7. The summed E-state index contributed by atoms with van der Waals surface area (Å²) < 4.78 is 0.747. The van der Waals surface area contributed by atoms with E-state index >= 15 is 0 Å². The number of aromatic nitrogens is 1. The molecule has 1 aliphatic rings. The molecule has 1 aromatic rings. The van der Waals surface area contributed by atoms with Crippen molar-refractivity contribution in [3.63, 3.8) is 0 Å². The highest BCUT2D eigenvalue weighted by Gasteiger charge is 2.20. The molecule has 15 heavy (non-hydrogen) atoms. The van der Waals surface area contributed by atoms with Crippen LogP contribution in [0.15, 0.2) is 9.27 Å². The zero-order valence-electron chi connectivity index (χ0n) is 9.19. The molecule has 1 N–H and O–H groups in total. The van der Waals surface area contributed by atoms with Crippen LogP contribution < -0.4 is 5.56 Å². The van der Waals surface area contributed by atoms with Crippen LogP contribution in [0.4, 0.5) is 0 Å². The smallest absolute Gasteiger partial charge is 0.262 e. The van der Waals surface area contributed by atoms with Gasteiger partial charge in [0.1, 0.15) is 0 Å². The van der Waals surface area contributed by atoms with E-state index in [1.54, 1.807) is 0 Å². The number of halogens is 1. The number of hydrogen-bond donors (Lipinski definition) is 1. The maximum Gasteiger partial charge on any atom is 0.262 e. The summed E-state index contributed by atoms with van der Waals surface area (Å²) in [6.07, 6.45) is 4.31. The minimum atomic E-state index is 0.0336. The topological polar surface area (TPSA) is 32.9 Å². The van der Waals surface area contributed by atoms with Gasteiger partial charge in [-0.25, -0.2) is 0 Å². The first-order chi connectivity index (χ1) is 7.09. The van der Waals surface area contributed by atoms with E-state index in [2.05, 4.69) is 34.8 Å². The second-order valence-corrected chi connectivity index (χ2v) is 5.45. The summed E-state index contributed by atoms with van der Waals surface area (Å²) in [6.45, 7) is 4.38. The van der Waals surface area contributed by atoms with E-state index in [0.717, 1.165) is 23.7 Å². The van der Waals surface area contributed by atoms with Gasteiger partial charge < -0.3 is 4.98 Å². The third-order valence-corrected chi connectivity index (χ3v) is 3.76. The molecule has 3 heteroatoms. The molecule has 0 amide bonds. The van der Waals surface area contributed by atoms with Gasteiger partial charge in [0, 0.05) is 5.69 Å². The number of pyridine rings is 1. The first kappa shape index (κ1) is 10.9. The lowest BCUT2D eigenvalue weighted by molar-refractivity contribution is 0.640. The number of fused-ring (bicyclic) bond motifs is 1. The third-order valence-electron chi connectivity index (χ3n) is 2.92. The van der Waals surface area contributed by atoms with Crippen LogP contribution in [0.5, 0.6) is 0 Å². The Balaban J connectivity index is 2.55. The van der Waals surface area contributed by atoms with Crippen LogP contribution in [0.25, 0.3) is 0 Å². The van der Waals surface area contributed by atoms with Crippen molar-refractivity contribution >= 4 is 15.9 Å². The van der Waals surface area contributed by atoms with Gasteiger partial charge in [0.2, 0.25) is 0 Å². The number of aryl methyl sites for hydroxylation is 1. The fraction of sp³-hybridized carbons (Fsp3) is 0.583. The fourth-order valence-electron chi connectivity index (χ4n) is 2.30. The van der Waals surface area contributed by atoms with Gasteiger partial charge >= 0.3 is 0 Å². The Morgan fingerprint density at radius 1 is 1.40 bits per heavy atom. The van der Waals surface area contributed by atoms with Gasteiger partial charge in [-0.2, -0.15) is 0 Å². The van der Waals surface area contributed by atoms with Crippen LogP contribution in [0.2, 0.25) is 0 Å². The molecule has 0 atom stereocenters. The molecule has 1 aliphatic carbocycles. The summed E-state index contributed by atoms with van der Waals surface area (Å²) in [5, 5.41) is 0. The lowest BCUT2D eigenvalue weighted by Crippen LogP contribution is -2.15. The van der Waals surface area contributed by atoms with Crippen LogP contribution >= 0.6 is 15.9 Å². The van der Waals surface area contributed by atoms with Gasteiger partial charge in [-0.3, -0.25) is 4.79 Å². The molecule has 2 nitrogen and oxygen atoms in total. The summed E-state index contributed by atoms with van der Waals surface area (Å²) in [5.74, 6) is 0.591. The van der Waals surface area contributed by atoms with Crippen molar-refractivity contribution in [3.05, 3.63) is 31.6 Å². The summed E-state index contributed by atoms with van der Waals surface area (Å²) in [5.41, 5.74) is 3.82. The van der Waals surface area contributed by atoms with Crippen molar-refractivity contribution in [3.8, 4) is 0 Å². The van der Waals surface area contributed by atoms with Gasteiger partial charge in [0.25, 0.3) is 5.56 Å². The number of hydrogen-bond acceptors (Lipinski definition) is 1. The minimum absolute atomic E-state index is 0.0336. The first-order valence-electron chi connectivity index (χ1n) is 5.52. The van der Waals surface area contributed by atoms with E-state index in [-0.39, 0.29) is 5.56 Å². The molecule has 0 aromatic carbocycles. The van der Waals surface area contributed by atoms with Crippen molar-refractivity contribution in [1.82, 2.24) is 4.98 Å². The number of H-pyrrole nitrogens is 1. The standard InChI is InChI=1S/C12H16BrNO/c1-7(2)6-9-8-4-3-5-10(8)14-12(15)11(9)13/h7H,3-6H2,1-2H3,(H,14,15). The van der Waals surface area contributed by atoms with Gasteiger partial charge in [-0.1, -0.05) is 13.8 Å². The highest BCUT2D eigenvalue weighted by Crippen LogP contribution is 2.28. The third kappa shape index (κ3) is 2.03. The van der Waals surface area contributed by atoms with Crippen LogP contribution in [0.1, 0.15) is 37.1 Å². The lowest BCUT2D eigenvalue weighted by atomic mass is 9.98. The molecule has 0 aliphatic heterocycles. The average Bonchev–Trinajstić information content (AvgIpc) is 2.59. The molecule has 0 spiro atoms. The summed E-state index contributed by atoms with van der Waals surface area (Å²) >= 11 is 3.42. The predicted octanol–water partition coefficient (Wildman–Crippen LogP) is 2.82. The largest absolute Gasteiger partial charge is 0.325 e. The van der Waals surface area contributed by atoms with E-state index in [4.69, 9.17) is 0 Å². The molecular formula is C12H16BrNO. The summed E-state index contributed by atoms with van der Waals surface area (Å²) in [7, 11) is 0. The fourth-order valence-corrected chi connectivity index (χ4v) is 2.80. The molecule has 1 heterocycles. The summed E-state index contributed by atoms with van der Waals surface area (Å²) in [6, 6.07) is 0. The average molecular weight is 270 g/mol. The van der Waals surface area contributed by atoms with Crippen LogP contribution in [-0.2, 0) is 19.3 Å². The first-order valence-corrected chi connectivity index (χ1v) is 6.31. The molecule has 0 fully saturated rings. The maximum absolute atomic E-state index is 11.7. The molecule has 82 valence electrons. The molecule has 2 rings (SSSR count). The molecular weight excluding hydrogens is 254 g/mol. The maximum atomic E-state index is 11.7. The van der Waals surface area contributed by atoms with Crippen molar-refractivity contribution in [2.45, 2.75) is 39.5 Å². The highest BCUT2D eigenvalue weighted by molar-refractivity contribution is 9.10. The van der Waals surface area contributed by atoms with E-state index < -0.39 is 0 Å². The highest BCUT2D eigenvalue weighted by atomic mass is 79.9. The molecule has 1 aromatic heterocycles. The Morgan fingerprint density at radius 3 is 2.80 bits per heavy atom. The molecule has 0 bridgehead atoms. The quantitative estimate of drug-likeness (QED) is 0.880. The van der Waals surface area contributed by atoms with Gasteiger partial charge in [-0.15, -0.1) is 0 Å². The Hall–Kier alpha value is -0.570. The second kappa shape index (κ2) is 4.12. The monoisotopic (exact) mass is 269 g/mol. The van der Waals surface area contributed by atoms with Crippen molar-refractivity contribution in [2.75, 3.05) is 0 Å². The van der Waals surface area contributed by atoms with Crippen molar-refractivity contribution in [2.24, 2.45) is 5.92 Å². The van der Waals surface area contributed by atoms with Crippen molar-refractivity contribution < 1.29 is 0 Å². The minimum Gasteiger partial charge on any atom is -0.325 e. The number of aromatic amines is 1. The van der Waals surface area contributed by atoms with E-state index in [1.165, 1.54) is 23.2 Å². The van der Waals surface area contributed by atoms with Gasteiger partial charge in [0.15, 0.2) is 0 Å². The Kier molecular flexibility index (Phi) is 3.01. The molecule has 0 unspecified atom stereocenters. The number of rotatable bonds is 2. The predicted molar refractivity (Wildman–Crippen MR) is 65.3 cm³/mol. The molecule has 0 saturated carbocycles. The molecule has 0 saturated heterocycles. The van der Waals surface area contributed by atoms with Gasteiger partial charge in [0.05, 0.1) is 4.47 Å². The Morgan fingerprint density at radius 2 is 2.13 bits per heavy atom. The Labute approximate surface area is 98.2 Å². The van der Waals surface area contributed by atoms with Crippen molar-refractivity contribution in [1.29, 1.82) is 0 Å². The van der Waals surface area contributed by atoms with Gasteiger partial charge in [-0.05, 0) is 58.7 Å². The number of nitrogens with one attached hydrogen (secondary N) is 1. The van der Waals surface area contributed by atoms with Crippen LogP contribution in [0.3, 0.4) is 0 Å². The Bertz CT molecular complexity index is 434. The zero-order valence-corrected chi connectivity index (χ0v) is 10.8. The van der Waals surface area contributed by atoms with Crippen LogP contribution in [-0.4, -0.2) is 4.98 Å². The van der Waals surface area contributed by atoms with E-state index in [0.29, 0.717) is 5.92 Å². The lowest BCUT2D eigenvalue weighted by Gasteiger charge is -2.12. The van der Waals surface area contributed by atoms with Crippen LogP contribution in [0, 0.1) is 5.92 Å². The SMILES string of the molecule is CC(C)Cc1c2c([nH]c(=O)c1Br)CCC2. The second-order valence-electron chi connectivity index (χ2n) is 4.66. The van der Waals surface area contributed by atoms with E-state index in [9.17, 15) is 4.79 Å². The summed E-state index contributed by atoms with van der Waals surface area (Å²) in [4.78, 5) is 14.6. The molecule has 0 radical (unpaired) electrons. The van der Waals surface area contributed by atoms with E-state index in [1.807, 2.05) is 0 Å².